The molecule has 38 heavy (non-hydrogen) atoms. The SMILES string of the molecule is CNC(=O)Nc1ccc2c(c1)CCC21OC(=O)N(CC(=O)N(Cc2ccccc2)C(C)C2CN(C)C2)C1=O. The van der Waals surface area contributed by atoms with Gasteiger partial charge in [-0.2, -0.15) is 0 Å². The number of hydrogen-bond acceptors (Lipinski definition) is 6. The van der Waals surface area contributed by atoms with E-state index in [2.05, 4.69) is 15.5 Å². The number of amides is 5. The Morgan fingerprint density at radius 1 is 1.16 bits per heavy atom. The second-order valence-corrected chi connectivity index (χ2v) is 10.4. The molecule has 0 aromatic heterocycles. The molecule has 0 bridgehead atoms. The van der Waals surface area contributed by atoms with Gasteiger partial charge in [0.2, 0.25) is 11.5 Å². The van der Waals surface area contributed by atoms with E-state index in [0.717, 1.165) is 29.1 Å². The number of carbonyl (C=O) groups is 4. The average molecular weight is 520 g/mol. The molecule has 1 spiro atoms. The van der Waals surface area contributed by atoms with Crippen LogP contribution < -0.4 is 10.6 Å². The smallest absolute Gasteiger partial charge is 0.418 e. The lowest BCUT2D eigenvalue weighted by Gasteiger charge is -2.44. The van der Waals surface area contributed by atoms with E-state index >= 15 is 0 Å². The van der Waals surface area contributed by atoms with E-state index in [-0.39, 0.29) is 24.5 Å². The number of benzene rings is 2. The summed E-state index contributed by atoms with van der Waals surface area (Å²) in [7, 11) is 3.57. The van der Waals surface area contributed by atoms with Crippen LogP contribution in [0.2, 0.25) is 0 Å². The fourth-order valence-electron chi connectivity index (χ4n) is 5.70. The normalized spacial score (nSPS) is 21.6. The number of anilines is 1. The second kappa shape index (κ2) is 10.1. The van der Waals surface area contributed by atoms with Crippen LogP contribution in [0.4, 0.5) is 15.3 Å². The van der Waals surface area contributed by atoms with Gasteiger partial charge < -0.3 is 25.2 Å². The molecule has 2 aromatic rings. The van der Waals surface area contributed by atoms with Gasteiger partial charge in [0.05, 0.1) is 0 Å². The Labute approximate surface area is 221 Å². The first-order chi connectivity index (χ1) is 18.2. The number of fused-ring (bicyclic) bond motifs is 2. The van der Waals surface area contributed by atoms with E-state index < -0.39 is 17.6 Å². The Bertz CT molecular complexity index is 1260. The van der Waals surface area contributed by atoms with Crippen molar-refractivity contribution in [2.45, 2.75) is 38.0 Å². The molecule has 2 fully saturated rings. The van der Waals surface area contributed by atoms with Gasteiger partial charge in [0.15, 0.2) is 0 Å². The number of hydrogen-bond donors (Lipinski definition) is 2. The molecule has 2 N–H and O–H groups in total. The van der Waals surface area contributed by atoms with Crippen LogP contribution in [0.5, 0.6) is 0 Å². The highest BCUT2D eigenvalue weighted by Crippen LogP contribution is 2.46. The van der Waals surface area contributed by atoms with Crippen molar-refractivity contribution in [3.05, 3.63) is 65.2 Å². The Morgan fingerprint density at radius 2 is 1.89 bits per heavy atom. The number of likely N-dealkylation sites (tertiary alicyclic amines) is 1. The van der Waals surface area contributed by atoms with Crippen molar-refractivity contribution in [1.29, 1.82) is 0 Å². The second-order valence-electron chi connectivity index (χ2n) is 10.4. The van der Waals surface area contributed by atoms with Crippen LogP contribution in [0, 0.1) is 5.92 Å². The van der Waals surface area contributed by atoms with Gasteiger partial charge in [0.25, 0.3) is 5.91 Å². The highest BCUT2D eigenvalue weighted by Gasteiger charge is 2.58. The lowest BCUT2D eigenvalue weighted by molar-refractivity contribution is -0.144. The van der Waals surface area contributed by atoms with E-state index in [9.17, 15) is 19.2 Å². The number of rotatable bonds is 7. The minimum atomic E-state index is -1.44. The molecule has 10 heteroatoms. The molecule has 200 valence electrons. The largest absolute Gasteiger partial charge is 0.427 e. The van der Waals surface area contributed by atoms with Crippen LogP contribution in [0.1, 0.15) is 30.0 Å². The van der Waals surface area contributed by atoms with Gasteiger partial charge in [-0.15, -0.1) is 0 Å². The summed E-state index contributed by atoms with van der Waals surface area (Å²) < 4.78 is 5.72. The molecular weight excluding hydrogens is 486 g/mol. The van der Waals surface area contributed by atoms with Crippen molar-refractivity contribution in [3.8, 4) is 0 Å². The third-order valence-electron chi connectivity index (χ3n) is 7.92. The predicted molar refractivity (Wildman–Crippen MR) is 140 cm³/mol. The lowest BCUT2D eigenvalue weighted by atomic mass is 9.91. The summed E-state index contributed by atoms with van der Waals surface area (Å²) in [5, 5.41) is 5.21. The Hall–Kier alpha value is -3.92. The zero-order valence-electron chi connectivity index (χ0n) is 21.9. The van der Waals surface area contributed by atoms with Gasteiger partial charge in [-0.1, -0.05) is 36.4 Å². The Kier molecular flexibility index (Phi) is 6.83. The van der Waals surface area contributed by atoms with Gasteiger partial charge in [0, 0.05) is 56.3 Å². The molecule has 2 unspecified atom stereocenters. The van der Waals surface area contributed by atoms with Crippen LogP contribution in [-0.4, -0.2) is 78.4 Å². The van der Waals surface area contributed by atoms with Crippen LogP contribution in [-0.2, 0) is 32.9 Å². The number of nitrogens with zero attached hydrogens (tertiary/aromatic N) is 3. The maximum Gasteiger partial charge on any atom is 0.418 e. The molecular formula is C28H33N5O5. The van der Waals surface area contributed by atoms with E-state index in [4.69, 9.17) is 4.74 Å². The van der Waals surface area contributed by atoms with E-state index in [0.29, 0.717) is 36.6 Å². The van der Waals surface area contributed by atoms with Crippen LogP contribution >= 0.6 is 0 Å². The minimum Gasteiger partial charge on any atom is -0.427 e. The van der Waals surface area contributed by atoms with Crippen molar-refractivity contribution in [3.63, 3.8) is 0 Å². The van der Waals surface area contributed by atoms with Gasteiger partial charge >= 0.3 is 12.1 Å². The first kappa shape index (κ1) is 25.7. The molecule has 5 rings (SSSR count). The Balaban J connectivity index is 1.35. The summed E-state index contributed by atoms with van der Waals surface area (Å²) >= 11 is 0. The van der Waals surface area contributed by atoms with Crippen molar-refractivity contribution >= 4 is 29.6 Å². The van der Waals surface area contributed by atoms with Gasteiger partial charge in [-0.25, -0.2) is 14.5 Å². The Morgan fingerprint density at radius 3 is 2.58 bits per heavy atom. The van der Waals surface area contributed by atoms with Gasteiger partial charge in [0.1, 0.15) is 6.54 Å². The minimum absolute atomic E-state index is 0.0555. The average Bonchev–Trinajstić information content (AvgIpc) is 3.37. The zero-order valence-corrected chi connectivity index (χ0v) is 21.9. The van der Waals surface area contributed by atoms with Crippen LogP contribution in [0.15, 0.2) is 48.5 Å². The molecule has 0 saturated carbocycles. The standard InChI is InChI=1S/C28H33N5O5/c1-18(21-15-31(3)16-21)32(14-19-7-5-4-6-8-19)24(34)17-33-25(35)28(38-27(33)37)12-11-20-13-22(9-10-23(20)28)30-26(36)29-2/h4-10,13,18,21H,11-12,14-17H2,1-3H3,(H2,29,30,36). The third-order valence-corrected chi connectivity index (χ3v) is 7.92. The number of ether oxygens (including phenoxy) is 1. The highest BCUT2D eigenvalue weighted by atomic mass is 16.6. The molecule has 1 aliphatic carbocycles. The number of carbonyl (C=O) groups excluding carboxylic acids is 4. The molecule has 2 aliphatic heterocycles. The number of aryl methyl sites for hydroxylation is 1. The summed E-state index contributed by atoms with van der Waals surface area (Å²) in [4.78, 5) is 56.9. The molecule has 2 aromatic carbocycles. The third kappa shape index (κ3) is 4.60. The number of nitrogens with one attached hydrogen (secondary N) is 2. The summed E-state index contributed by atoms with van der Waals surface area (Å²) in [6.07, 6.45) is -0.00910. The summed E-state index contributed by atoms with van der Waals surface area (Å²) in [6.45, 7) is 3.84. The van der Waals surface area contributed by atoms with Crippen molar-refractivity contribution in [1.82, 2.24) is 20.0 Å². The van der Waals surface area contributed by atoms with Crippen molar-refractivity contribution < 1.29 is 23.9 Å². The van der Waals surface area contributed by atoms with E-state index in [1.807, 2.05) is 44.3 Å². The number of imide groups is 1. The zero-order chi connectivity index (χ0) is 27.0. The van der Waals surface area contributed by atoms with E-state index in [1.165, 1.54) is 7.05 Å². The maximum atomic E-state index is 13.7. The van der Waals surface area contributed by atoms with Gasteiger partial charge in [-0.05, 0) is 43.7 Å². The first-order valence-corrected chi connectivity index (χ1v) is 12.9. The molecule has 5 amide bonds. The van der Waals surface area contributed by atoms with Crippen LogP contribution in [0.25, 0.3) is 0 Å². The molecule has 2 atom stereocenters. The fraction of sp³-hybridized carbons (Fsp3) is 0.429. The van der Waals surface area contributed by atoms with E-state index in [1.54, 1.807) is 23.1 Å². The lowest BCUT2D eigenvalue weighted by Crippen LogP contribution is -2.56. The molecule has 2 heterocycles. The monoisotopic (exact) mass is 519 g/mol. The van der Waals surface area contributed by atoms with Crippen molar-refractivity contribution in [2.75, 3.05) is 39.0 Å². The first-order valence-electron chi connectivity index (χ1n) is 12.9. The quantitative estimate of drug-likeness (QED) is 0.582. The molecule has 3 aliphatic rings. The predicted octanol–water partition coefficient (Wildman–Crippen LogP) is 2.54. The van der Waals surface area contributed by atoms with Gasteiger partial charge in [-0.3, -0.25) is 9.59 Å². The number of urea groups is 1. The molecule has 2 saturated heterocycles. The summed E-state index contributed by atoms with van der Waals surface area (Å²) in [5.74, 6) is -0.488. The molecule has 10 nitrogen and oxygen atoms in total. The molecule has 0 radical (unpaired) electrons. The van der Waals surface area contributed by atoms with Crippen molar-refractivity contribution in [2.24, 2.45) is 5.92 Å². The highest BCUT2D eigenvalue weighted by molar-refractivity contribution is 6.06. The topological polar surface area (TPSA) is 111 Å². The fourth-order valence-corrected chi connectivity index (χ4v) is 5.70. The maximum absolute atomic E-state index is 13.7. The summed E-state index contributed by atoms with van der Waals surface area (Å²) in [6, 6.07) is 14.5. The summed E-state index contributed by atoms with van der Waals surface area (Å²) in [5.41, 5.74) is 1.54. The van der Waals surface area contributed by atoms with Crippen LogP contribution in [0.3, 0.4) is 0 Å².